The standard InChI is InChI=1S/C16H25N3O4/c1-10(2)13-12(4-3-9-22-13)15(20)19-7-5-11(6-8-19)14-17-18-16(21)23-14/h10-13H,3-9H2,1-2H3,(H,18,21)/t12-,13-/m0/s1. The van der Waals surface area contributed by atoms with Crippen LogP contribution >= 0.6 is 0 Å². The Labute approximate surface area is 135 Å². The number of nitrogens with one attached hydrogen (secondary N) is 1. The predicted molar refractivity (Wildman–Crippen MR) is 83.0 cm³/mol. The van der Waals surface area contributed by atoms with E-state index in [1.165, 1.54) is 0 Å². The first kappa shape index (κ1) is 16.2. The summed E-state index contributed by atoms with van der Waals surface area (Å²) in [6.07, 6.45) is 3.45. The van der Waals surface area contributed by atoms with Gasteiger partial charge in [-0.3, -0.25) is 4.79 Å². The fraction of sp³-hybridized carbons (Fsp3) is 0.812. The molecule has 1 N–H and O–H groups in total. The Kier molecular flexibility index (Phi) is 4.84. The number of likely N-dealkylation sites (tertiary alicyclic amines) is 1. The minimum absolute atomic E-state index is 0.0244. The molecule has 2 aliphatic rings. The zero-order valence-corrected chi connectivity index (χ0v) is 13.8. The Bertz CT molecular complexity index is 586. The van der Waals surface area contributed by atoms with E-state index >= 15 is 0 Å². The maximum Gasteiger partial charge on any atom is 0.434 e. The third-order valence-electron chi connectivity index (χ3n) is 4.95. The van der Waals surface area contributed by atoms with Gasteiger partial charge in [0.1, 0.15) is 0 Å². The van der Waals surface area contributed by atoms with Gasteiger partial charge in [0.25, 0.3) is 0 Å². The number of aromatic amines is 1. The number of carbonyl (C=O) groups is 1. The summed E-state index contributed by atoms with van der Waals surface area (Å²) in [7, 11) is 0. The Morgan fingerprint density at radius 1 is 1.30 bits per heavy atom. The van der Waals surface area contributed by atoms with Gasteiger partial charge >= 0.3 is 5.76 Å². The molecule has 23 heavy (non-hydrogen) atoms. The molecule has 0 radical (unpaired) electrons. The van der Waals surface area contributed by atoms with Gasteiger partial charge in [-0.1, -0.05) is 13.8 Å². The van der Waals surface area contributed by atoms with E-state index in [4.69, 9.17) is 9.15 Å². The van der Waals surface area contributed by atoms with Crippen molar-refractivity contribution in [2.45, 2.75) is 51.6 Å². The van der Waals surface area contributed by atoms with Gasteiger partial charge in [-0.25, -0.2) is 9.89 Å². The van der Waals surface area contributed by atoms with E-state index in [0.717, 1.165) is 32.3 Å². The van der Waals surface area contributed by atoms with Crippen LogP contribution in [0.25, 0.3) is 0 Å². The minimum Gasteiger partial charge on any atom is -0.392 e. The van der Waals surface area contributed by atoms with E-state index in [2.05, 4.69) is 24.0 Å². The fourth-order valence-corrected chi connectivity index (χ4v) is 3.72. The summed E-state index contributed by atoms with van der Waals surface area (Å²) in [6, 6.07) is 0. The first-order chi connectivity index (χ1) is 11.1. The highest BCUT2D eigenvalue weighted by molar-refractivity contribution is 5.79. The van der Waals surface area contributed by atoms with Crippen LogP contribution in [-0.4, -0.2) is 46.8 Å². The summed E-state index contributed by atoms with van der Waals surface area (Å²) in [5.41, 5.74) is 0. The quantitative estimate of drug-likeness (QED) is 0.911. The molecule has 0 saturated carbocycles. The maximum absolute atomic E-state index is 12.9. The van der Waals surface area contributed by atoms with Crippen LogP contribution in [0.1, 0.15) is 51.3 Å². The van der Waals surface area contributed by atoms with Gasteiger partial charge < -0.3 is 14.1 Å². The number of piperidine rings is 1. The highest BCUT2D eigenvalue weighted by Gasteiger charge is 2.37. The van der Waals surface area contributed by atoms with Crippen LogP contribution in [0.2, 0.25) is 0 Å². The Morgan fingerprint density at radius 3 is 2.65 bits per heavy atom. The predicted octanol–water partition coefficient (Wildman–Crippen LogP) is 1.52. The number of hydrogen-bond acceptors (Lipinski definition) is 5. The lowest BCUT2D eigenvalue weighted by atomic mass is 9.85. The molecule has 2 aliphatic heterocycles. The SMILES string of the molecule is CC(C)[C@@H]1OCCC[C@@H]1C(=O)N1CCC(c2n[nH]c(=O)o2)CC1. The van der Waals surface area contributed by atoms with E-state index in [9.17, 15) is 9.59 Å². The second-order valence-corrected chi connectivity index (χ2v) is 6.88. The van der Waals surface area contributed by atoms with Gasteiger partial charge in [-0.2, -0.15) is 0 Å². The van der Waals surface area contributed by atoms with Crippen LogP contribution in [0.3, 0.4) is 0 Å². The monoisotopic (exact) mass is 323 g/mol. The number of hydrogen-bond donors (Lipinski definition) is 1. The molecule has 3 heterocycles. The third-order valence-corrected chi connectivity index (χ3v) is 4.95. The molecule has 0 unspecified atom stereocenters. The van der Waals surface area contributed by atoms with Crippen LogP contribution in [0.5, 0.6) is 0 Å². The molecule has 0 spiro atoms. The largest absolute Gasteiger partial charge is 0.434 e. The smallest absolute Gasteiger partial charge is 0.392 e. The van der Waals surface area contributed by atoms with Crippen molar-refractivity contribution in [3.05, 3.63) is 16.4 Å². The summed E-state index contributed by atoms with van der Waals surface area (Å²) >= 11 is 0. The minimum atomic E-state index is -0.516. The van der Waals surface area contributed by atoms with Crippen molar-refractivity contribution >= 4 is 5.91 Å². The van der Waals surface area contributed by atoms with Crippen molar-refractivity contribution in [2.24, 2.45) is 11.8 Å². The van der Waals surface area contributed by atoms with E-state index in [1.54, 1.807) is 0 Å². The zero-order chi connectivity index (χ0) is 16.4. The number of ether oxygens (including phenoxy) is 1. The lowest BCUT2D eigenvalue weighted by Gasteiger charge is -2.38. The second-order valence-electron chi connectivity index (χ2n) is 6.88. The lowest BCUT2D eigenvalue weighted by Crippen LogP contribution is -2.48. The molecule has 2 atom stereocenters. The number of rotatable bonds is 3. The van der Waals surface area contributed by atoms with Gasteiger partial charge in [0, 0.05) is 25.6 Å². The summed E-state index contributed by atoms with van der Waals surface area (Å²) < 4.78 is 10.9. The average Bonchev–Trinajstić information content (AvgIpc) is 3.01. The first-order valence-electron chi connectivity index (χ1n) is 8.52. The molecule has 1 aromatic rings. The van der Waals surface area contributed by atoms with Gasteiger partial charge in [0.15, 0.2) is 0 Å². The highest BCUT2D eigenvalue weighted by Crippen LogP contribution is 2.31. The first-order valence-corrected chi connectivity index (χ1v) is 8.52. The molecule has 0 bridgehead atoms. The van der Waals surface area contributed by atoms with Crippen LogP contribution in [-0.2, 0) is 9.53 Å². The van der Waals surface area contributed by atoms with Crippen molar-refractivity contribution < 1.29 is 13.9 Å². The molecule has 0 aliphatic carbocycles. The maximum atomic E-state index is 12.9. The van der Waals surface area contributed by atoms with Crippen molar-refractivity contribution in [1.82, 2.24) is 15.1 Å². The van der Waals surface area contributed by atoms with Crippen LogP contribution < -0.4 is 5.76 Å². The Balaban J connectivity index is 1.60. The topological polar surface area (TPSA) is 88.4 Å². The fourth-order valence-electron chi connectivity index (χ4n) is 3.72. The van der Waals surface area contributed by atoms with E-state index < -0.39 is 5.76 Å². The highest BCUT2D eigenvalue weighted by atomic mass is 16.5. The van der Waals surface area contributed by atoms with Gasteiger partial charge in [0.05, 0.1) is 12.0 Å². The summed E-state index contributed by atoms with van der Waals surface area (Å²) in [5.74, 6) is 0.594. The number of H-pyrrole nitrogens is 1. The number of carbonyl (C=O) groups excluding carboxylic acids is 1. The molecule has 2 fully saturated rings. The molecule has 3 rings (SSSR count). The molecule has 7 heteroatoms. The molecule has 0 aromatic carbocycles. The summed E-state index contributed by atoms with van der Waals surface area (Å²) in [5, 5.41) is 6.21. The third kappa shape index (κ3) is 3.49. The van der Waals surface area contributed by atoms with Crippen molar-refractivity contribution in [2.75, 3.05) is 19.7 Å². The molecular formula is C16H25N3O4. The lowest BCUT2D eigenvalue weighted by molar-refractivity contribution is -0.148. The molecular weight excluding hydrogens is 298 g/mol. The average molecular weight is 323 g/mol. The summed E-state index contributed by atoms with van der Waals surface area (Å²) in [4.78, 5) is 25.9. The number of amides is 1. The zero-order valence-electron chi connectivity index (χ0n) is 13.8. The Morgan fingerprint density at radius 2 is 2.04 bits per heavy atom. The van der Waals surface area contributed by atoms with Crippen molar-refractivity contribution in [1.29, 1.82) is 0 Å². The molecule has 1 amide bonds. The molecule has 2 saturated heterocycles. The molecule has 1 aromatic heterocycles. The van der Waals surface area contributed by atoms with Gasteiger partial charge in [0.2, 0.25) is 11.8 Å². The van der Waals surface area contributed by atoms with Crippen molar-refractivity contribution in [3.63, 3.8) is 0 Å². The summed E-state index contributed by atoms with van der Waals surface area (Å²) in [6.45, 7) is 6.35. The second kappa shape index (κ2) is 6.86. The Hall–Kier alpha value is -1.63. The number of nitrogens with zero attached hydrogens (tertiary/aromatic N) is 2. The van der Waals surface area contributed by atoms with Gasteiger partial charge in [-0.15, -0.1) is 5.10 Å². The van der Waals surface area contributed by atoms with E-state index in [1.807, 2.05) is 4.90 Å². The van der Waals surface area contributed by atoms with Crippen LogP contribution in [0, 0.1) is 11.8 Å². The molecule has 7 nitrogen and oxygen atoms in total. The van der Waals surface area contributed by atoms with Crippen molar-refractivity contribution in [3.8, 4) is 0 Å². The van der Waals surface area contributed by atoms with Crippen LogP contribution in [0.4, 0.5) is 0 Å². The van der Waals surface area contributed by atoms with E-state index in [0.29, 0.717) is 24.9 Å². The van der Waals surface area contributed by atoms with Crippen LogP contribution in [0.15, 0.2) is 9.21 Å². The van der Waals surface area contributed by atoms with Gasteiger partial charge in [-0.05, 0) is 31.6 Å². The van der Waals surface area contributed by atoms with E-state index in [-0.39, 0.29) is 23.8 Å². The molecule has 128 valence electrons. The number of aromatic nitrogens is 2. The normalized spacial score (nSPS) is 26.7.